The monoisotopic (exact) mass is 605 g/mol. The first kappa shape index (κ1) is 28.1. The van der Waals surface area contributed by atoms with Crippen molar-refractivity contribution in [2.24, 2.45) is 0 Å². The number of ether oxygens (including phenoxy) is 2. The number of anilines is 2. The third-order valence-electron chi connectivity index (χ3n) is 8.87. The van der Waals surface area contributed by atoms with Crippen molar-refractivity contribution >= 4 is 23.2 Å². The molecule has 2 aliphatic heterocycles. The molecule has 226 valence electrons. The molecule has 0 unspecified atom stereocenters. The SMILES string of the molecule is C[C@@H](Cn1cncn1)Oc1cc(-c2cnc(Nc3cn([C@H]4CC[C@H](N5[C@@H]6CC[C@H]5COC6)CC4)nc3O)nc2)ccc1Cl. The van der Waals surface area contributed by atoms with Crippen molar-refractivity contribution in [3.63, 3.8) is 0 Å². The number of hydrogen-bond donors (Lipinski definition) is 2. The van der Waals surface area contributed by atoms with Crippen LogP contribution in [-0.2, 0) is 11.3 Å². The van der Waals surface area contributed by atoms with Gasteiger partial charge in [-0.1, -0.05) is 17.7 Å². The second kappa shape index (κ2) is 12.1. The molecule has 3 atom stereocenters. The molecule has 1 saturated carbocycles. The summed E-state index contributed by atoms with van der Waals surface area (Å²) < 4.78 is 15.5. The lowest BCUT2D eigenvalue weighted by Gasteiger charge is -2.43. The number of nitrogens with zero attached hydrogens (tertiary/aromatic N) is 8. The van der Waals surface area contributed by atoms with E-state index in [1.54, 1.807) is 29.5 Å². The number of hydrogen-bond acceptors (Lipinski definition) is 10. The van der Waals surface area contributed by atoms with Crippen molar-refractivity contribution in [3.05, 3.63) is 54.5 Å². The fourth-order valence-electron chi connectivity index (χ4n) is 6.81. The van der Waals surface area contributed by atoms with Crippen LogP contribution in [0.3, 0.4) is 0 Å². The van der Waals surface area contributed by atoms with Gasteiger partial charge in [0.25, 0.3) is 5.88 Å². The molecule has 0 spiro atoms. The molecule has 2 saturated heterocycles. The Morgan fingerprint density at radius 3 is 2.47 bits per heavy atom. The molecule has 4 aromatic rings. The van der Waals surface area contributed by atoms with Gasteiger partial charge in [-0.05, 0) is 63.1 Å². The minimum Gasteiger partial charge on any atom is -0.491 e. The maximum absolute atomic E-state index is 10.6. The van der Waals surface area contributed by atoms with Crippen LogP contribution in [0.4, 0.5) is 11.6 Å². The zero-order valence-corrected chi connectivity index (χ0v) is 24.8. The van der Waals surface area contributed by atoms with Gasteiger partial charge in [-0.25, -0.2) is 19.6 Å². The Morgan fingerprint density at radius 1 is 1.02 bits per heavy atom. The van der Waals surface area contributed by atoms with E-state index in [2.05, 4.69) is 35.4 Å². The number of halogens is 1. The fourth-order valence-corrected chi connectivity index (χ4v) is 6.98. The minimum atomic E-state index is -0.166. The Labute approximate surface area is 255 Å². The highest BCUT2D eigenvalue weighted by molar-refractivity contribution is 6.32. The summed E-state index contributed by atoms with van der Waals surface area (Å²) in [6, 6.07) is 7.64. The van der Waals surface area contributed by atoms with Gasteiger partial charge < -0.3 is 19.9 Å². The molecule has 13 heteroatoms. The van der Waals surface area contributed by atoms with E-state index in [1.165, 1.54) is 19.2 Å². The summed E-state index contributed by atoms with van der Waals surface area (Å²) in [6.07, 6.45) is 15.2. The Balaban J connectivity index is 0.968. The predicted molar refractivity (Wildman–Crippen MR) is 161 cm³/mol. The highest BCUT2D eigenvalue weighted by Gasteiger charge is 2.42. The van der Waals surface area contributed by atoms with E-state index in [9.17, 15) is 5.11 Å². The van der Waals surface area contributed by atoms with Crippen LogP contribution in [0.5, 0.6) is 11.6 Å². The standard InChI is InChI=1S/C30H36ClN9O3/c1-19(13-38-18-32-17-35-38)43-28-10-20(2-9-26(28)31)21-11-33-30(34-12-21)36-27-14-39(37-29(27)41)22-3-5-23(6-4-22)40-24-7-8-25(40)16-42-15-24/h2,9-12,14,17-19,22-25H,3-8,13,15-16H2,1H3,(H,37,41)(H,33,34,36)/t19-,22-,23-,24-,25+/m0/s1. The summed E-state index contributed by atoms with van der Waals surface area (Å²) in [7, 11) is 0. The number of fused-ring (bicyclic) bond motifs is 2. The number of aromatic nitrogens is 7. The van der Waals surface area contributed by atoms with Crippen LogP contribution in [0, 0.1) is 0 Å². The summed E-state index contributed by atoms with van der Waals surface area (Å²) in [6.45, 7) is 4.25. The average Bonchev–Trinajstić information content (AvgIpc) is 3.72. The number of nitrogens with one attached hydrogen (secondary N) is 1. The molecule has 1 aromatic carbocycles. The van der Waals surface area contributed by atoms with Crippen molar-refractivity contribution in [1.29, 1.82) is 0 Å². The second-order valence-electron chi connectivity index (χ2n) is 11.8. The van der Waals surface area contributed by atoms with Crippen LogP contribution in [0.1, 0.15) is 51.5 Å². The van der Waals surface area contributed by atoms with Crippen LogP contribution >= 0.6 is 11.6 Å². The highest BCUT2D eigenvalue weighted by atomic mass is 35.5. The van der Waals surface area contributed by atoms with Gasteiger partial charge in [0.1, 0.15) is 30.2 Å². The van der Waals surface area contributed by atoms with E-state index in [0.717, 1.165) is 50.0 Å². The third-order valence-corrected chi connectivity index (χ3v) is 9.19. The molecule has 1 aliphatic carbocycles. The van der Waals surface area contributed by atoms with Gasteiger partial charge >= 0.3 is 0 Å². The first-order valence-electron chi connectivity index (χ1n) is 15.0. The van der Waals surface area contributed by atoms with Gasteiger partial charge in [-0.2, -0.15) is 5.10 Å². The molecule has 2 N–H and O–H groups in total. The van der Waals surface area contributed by atoms with Crippen LogP contribution in [0.25, 0.3) is 11.1 Å². The number of benzene rings is 1. The van der Waals surface area contributed by atoms with Gasteiger partial charge in [0.15, 0.2) is 0 Å². The Morgan fingerprint density at radius 2 is 1.74 bits per heavy atom. The highest BCUT2D eigenvalue weighted by Crippen LogP contribution is 2.39. The molecular formula is C30H36ClN9O3. The van der Waals surface area contributed by atoms with E-state index in [4.69, 9.17) is 21.1 Å². The fraction of sp³-hybridized carbons (Fsp3) is 0.500. The van der Waals surface area contributed by atoms with Crippen molar-refractivity contribution in [1.82, 2.24) is 39.4 Å². The van der Waals surface area contributed by atoms with Gasteiger partial charge in [-0.15, -0.1) is 5.10 Å². The van der Waals surface area contributed by atoms with E-state index in [1.807, 2.05) is 29.9 Å². The molecule has 3 fully saturated rings. The van der Waals surface area contributed by atoms with Gasteiger partial charge in [0.2, 0.25) is 5.95 Å². The van der Waals surface area contributed by atoms with Crippen LogP contribution < -0.4 is 10.1 Å². The summed E-state index contributed by atoms with van der Waals surface area (Å²) in [4.78, 5) is 15.7. The average molecular weight is 606 g/mol. The Kier molecular flexibility index (Phi) is 7.89. The summed E-state index contributed by atoms with van der Waals surface area (Å²) in [5, 5.41) is 22.8. The quantitative estimate of drug-likeness (QED) is 0.273. The normalized spacial score (nSPS) is 24.6. The number of morpholine rings is 1. The summed E-state index contributed by atoms with van der Waals surface area (Å²) in [5.41, 5.74) is 2.17. The molecule has 3 aliphatic rings. The van der Waals surface area contributed by atoms with Crippen LogP contribution in [-0.4, -0.2) is 82.0 Å². The smallest absolute Gasteiger partial charge is 0.254 e. The molecule has 0 amide bonds. The molecule has 12 nitrogen and oxygen atoms in total. The van der Waals surface area contributed by atoms with Gasteiger partial charge in [0, 0.05) is 36.1 Å². The Hall–Kier alpha value is -3.74. The topological polar surface area (TPSA) is 128 Å². The largest absolute Gasteiger partial charge is 0.491 e. The lowest BCUT2D eigenvalue weighted by molar-refractivity contribution is -0.0458. The maximum Gasteiger partial charge on any atom is 0.254 e. The van der Waals surface area contributed by atoms with Crippen molar-refractivity contribution in [2.75, 3.05) is 18.5 Å². The zero-order valence-electron chi connectivity index (χ0n) is 24.1. The van der Waals surface area contributed by atoms with Crippen molar-refractivity contribution in [3.8, 4) is 22.8 Å². The van der Waals surface area contributed by atoms with E-state index < -0.39 is 0 Å². The number of aromatic hydroxyl groups is 1. The first-order valence-corrected chi connectivity index (χ1v) is 15.4. The van der Waals surface area contributed by atoms with E-state index in [-0.39, 0.29) is 18.0 Å². The Bertz CT molecular complexity index is 1510. The van der Waals surface area contributed by atoms with E-state index in [0.29, 0.717) is 47.1 Å². The zero-order chi connectivity index (χ0) is 29.3. The maximum atomic E-state index is 10.6. The number of rotatable bonds is 9. The lowest BCUT2D eigenvalue weighted by atomic mass is 9.89. The molecule has 7 rings (SSSR count). The van der Waals surface area contributed by atoms with E-state index >= 15 is 0 Å². The molecule has 0 radical (unpaired) electrons. The molecule has 43 heavy (non-hydrogen) atoms. The third kappa shape index (κ3) is 6.04. The molecule has 2 bridgehead atoms. The van der Waals surface area contributed by atoms with Crippen LogP contribution in [0.2, 0.25) is 5.02 Å². The summed E-state index contributed by atoms with van der Waals surface area (Å²) >= 11 is 6.42. The predicted octanol–water partition coefficient (Wildman–Crippen LogP) is 4.85. The first-order chi connectivity index (χ1) is 21.0. The lowest BCUT2D eigenvalue weighted by Crippen LogP contribution is -2.52. The molecule has 3 aromatic heterocycles. The van der Waals surface area contributed by atoms with Crippen molar-refractivity contribution in [2.45, 2.75) is 82.3 Å². The molecular weight excluding hydrogens is 570 g/mol. The molecule has 5 heterocycles. The minimum absolute atomic E-state index is 0.0551. The van der Waals surface area contributed by atoms with Crippen molar-refractivity contribution < 1.29 is 14.6 Å². The van der Waals surface area contributed by atoms with Gasteiger partial charge in [-0.3, -0.25) is 9.58 Å². The second-order valence-corrected chi connectivity index (χ2v) is 12.2. The van der Waals surface area contributed by atoms with Crippen LogP contribution in [0.15, 0.2) is 49.4 Å². The summed E-state index contributed by atoms with van der Waals surface area (Å²) in [5.74, 6) is 0.884. The van der Waals surface area contributed by atoms with Gasteiger partial charge in [0.05, 0.1) is 37.0 Å².